The number of nitro benzene ring substituents is 1. The fraction of sp³-hybridized carbons (Fsp3) is 0.222. The third kappa shape index (κ3) is 4.28. The molecule has 1 heterocycles. The molecule has 154 valence electrons. The van der Waals surface area contributed by atoms with Crippen LogP contribution in [0.15, 0.2) is 42.6 Å². The Labute approximate surface area is 159 Å². The van der Waals surface area contributed by atoms with Crippen LogP contribution < -0.4 is 5.32 Å². The molecule has 3 aromatic rings. The van der Waals surface area contributed by atoms with E-state index >= 15 is 0 Å². The van der Waals surface area contributed by atoms with Gasteiger partial charge in [-0.05, 0) is 18.1 Å². The highest BCUT2D eigenvalue weighted by atomic mass is 19.4. The topological polar surface area (TPSA) is 71.0 Å². The first-order valence-corrected chi connectivity index (χ1v) is 8.24. The first-order valence-electron chi connectivity index (χ1n) is 8.24. The summed E-state index contributed by atoms with van der Waals surface area (Å²) in [4.78, 5) is 12.5. The van der Waals surface area contributed by atoms with Crippen molar-refractivity contribution in [3.63, 3.8) is 0 Å². The number of hydrogen-bond donors (Lipinski definition) is 2. The van der Waals surface area contributed by atoms with Crippen molar-refractivity contribution in [1.29, 1.82) is 0 Å². The lowest BCUT2D eigenvalue weighted by Gasteiger charge is -2.20. The fourth-order valence-electron chi connectivity index (χ4n) is 3.03. The smallest absolute Gasteiger partial charge is 0.384 e. The molecule has 0 aliphatic heterocycles. The number of alkyl halides is 6. The molecule has 0 saturated heterocycles. The molecule has 0 aliphatic rings. The van der Waals surface area contributed by atoms with Gasteiger partial charge in [0.05, 0.1) is 21.7 Å². The quantitative estimate of drug-likeness (QED) is 0.315. The summed E-state index contributed by atoms with van der Waals surface area (Å²) in [5.74, 6) is 0. The third-order valence-corrected chi connectivity index (χ3v) is 4.32. The van der Waals surface area contributed by atoms with Crippen LogP contribution in [-0.4, -0.2) is 16.5 Å². The molecule has 2 aromatic carbocycles. The summed E-state index contributed by atoms with van der Waals surface area (Å²) in [6.07, 6.45) is -8.67. The average molecular weight is 417 g/mol. The minimum Gasteiger partial charge on any atom is -0.384 e. The number of halogens is 6. The van der Waals surface area contributed by atoms with Crippen LogP contribution in [0, 0.1) is 10.1 Å². The van der Waals surface area contributed by atoms with Gasteiger partial charge in [-0.25, -0.2) is 0 Å². The van der Waals surface area contributed by atoms with Gasteiger partial charge in [0.1, 0.15) is 0 Å². The maximum absolute atomic E-state index is 13.3. The monoisotopic (exact) mass is 417 g/mol. The van der Waals surface area contributed by atoms with Crippen molar-refractivity contribution in [2.75, 3.05) is 11.9 Å². The van der Waals surface area contributed by atoms with Crippen LogP contribution in [0.4, 0.5) is 37.7 Å². The molecule has 0 fully saturated rings. The van der Waals surface area contributed by atoms with Crippen molar-refractivity contribution in [2.45, 2.75) is 18.8 Å². The van der Waals surface area contributed by atoms with Gasteiger partial charge >= 0.3 is 12.4 Å². The Hall–Kier alpha value is -3.24. The summed E-state index contributed by atoms with van der Waals surface area (Å²) < 4.78 is 80.0. The van der Waals surface area contributed by atoms with Gasteiger partial charge in [-0.3, -0.25) is 10.1 Å². The van der Waals surface area contributed by atoms with Gasteiger partial charge in [0, 0.05) is 35.8 Å². The lowest BCUT2D eigenvalue weighted by atomic mass is 10.0. The number of nitro groups is 1. The molecular weight excluding hydrogens is 404 g/mol. The van der Waals surface area contributed by atoms with E-state index in [0.717, 1.165) is 10.9 Å². The second-order valence-corrected chi connectivity index (χ2v) is 6.20. The molecule has 0 amide bonds. The number of nitrogens with zero attached hydrogens (tertiary/aromatic N) is 1. The van der Waals surface area contributed by atoms with Crippen LogP contribution in [0.2, 0.25) is 0 Å². The zero-order valence-electron chi connectivity index (χ0n) is 14.5. The number of para-hydroxylation sites is 1. The third-order valence-electron chi connectivity index (χ3n) is 4.32. The Morgan fingerprint density at radius 3 is 2.14 bits per heavy atom. The highest BCUT2D eigenvalue weighted by Gasteiger charge is 2.43. The van der Waals surface area contributed by atoms with E-state index in [-0.39, 0.29) is 25.1 Å². The van der Waals surface area contributed by atoms with E-state index < -0.39 is 39.8 Å². The summed E-state index contributed by atoms with van der Waals surface area (Å²) in [5.41, 5.74) is -4.50. The van der Waals surface area contributed by atoms with E-state index in [9.17, 15) is 36.5 Å². The number of hydrogen-bond acceptors (Lipinski definition) is 3. The predicted octanol–water partition coefficient (Wildman–Crippen LogP) is 5.77. The Bertz CT molecular complexity index is 1020. The van der Waals surface area contributed by atoms with E-state index in [1.807, 2.05) is 0 Å². The normalized spacial score (nSPS) is 12.3. The van der Waals surface area contributed by atoms with E-state index in [1.54, 1.807) is 30.5 Å². The highest BCUT2D eigenvalue weighted by Crippen LogP contribution is 2.45. The average Bonchev–Trinajstić information content (AvgIpc) is 3.03. The minimum absolute atomic E-state index is 0.100. The lowest BCUT2D eigenvalue weighted by molar-refractivity contribution is -0.385. The van der Waals surface area contributed by atoms with E-state index in [1.165, 1.54) is 0 Å². The van der Waals surface area contributed by atoms with E-state index in [0.29, 0.717) is 5.56 Å². The molecule has 11 heteroatoms. The molecule has 0 unspecified atom stereocenters. The number of fused-ring (bicyclic) bond motifs is 1. The van der Waals surface area contributed by atoms with E-state index in [2.05, 4.69) is 10.3 Å². The first-order chi connectivity index (χ1) is 13.5. The van der Waals surface area contributed by atoms with Crippen LogP contribution in [0.1, 0.15) is 16.7 Å². The van der Waals surface area contributed by atoms with Gasteiger partial charge < -0.3 is 10.3 Å². The van der Waals surface area contributed by atoms with Crippen molar-refractivity contribution in [3.8, 4) is 0 Å². The molecule has 0 saturated carbocycles. The number of rotatable bonds is 5. The van der Waals surface area contributed by atoms with Crippen molar-refractivity contribution >= 4 is 22.3 Å². The van der Waals surface area contributed by atoms with Gasteiger partial charge in [0.15, 0.2) is 0 Å². The van der Waals surface area contributed by atoms with Crippen LogP contribution in [0.3, 0.4) is 0 Å². The second-order valence-electron chi connectivity index (χ2n) is 6.20. The number of H-pyrrole nitrogens is 1. The number of nitrogens with one attached hydrogen (secondary N) is 2. The minimum atomic E-state index is -5.21. The standard InChI is InChI=1S/C18H13F6N3O2/c19-17(20,21)13-7-11(27(28)29)8-14(18(22,23)24)16(13)25-6-5-10-9-26-15-4-2-1-3-12(10)15/h1-4,7-9,25-26H,5-6H2. The summed E-state index contributed by atoms with van der Waals surface area (Å²) in [5, 5.41) is 13.8. The van der Waals surface area contributed by atoms with Crippen molar-refractivity contribution < 1.29 is 31.3 Å². The van der Waals surface area contributed by atoms with Gasteiger partial charge in [0.2, 0.25) is 0 Å². The Morgan fingerprint density at radius 1 is 1.00 bits per heavy atom. The van der Waals surface area contributed by atoms with Crippen LogP contribution in [0.25, 0.3) is 10.9 Å². The molecule has 2 N–H and O–H groups in total. The van der Waals surface area contributed by atoms with Crippen molar-refractivity contribution in [2.24, 2.45) is 0 Å². The second kappa shape index (κ2) is 7.30. The Balaban J connectivity index is 1.97. The molecule has 5 nitrogen and oxygen atoms in total. The Kier molecular flexibility index (Phi) is 5.16. The number of anilines is 1. The summed E-state index contributed by atoms with van der Waals surface area (Å²) >= 11 is 0. The largest absolute Gasteiger partial charge is 0.418 e. The molecule has 0 radical (unpaired) electrons. The van der Waals surface area contributed by atoms with Crippen LogP contribution in [0.5, 0.6) is 0 Å². The van der Waals surface area contributed by atoms with E-state index in [4.69, 9.17) is 0 Å². The van der Waals surface area contributed by atoms with Gasteiger partial charge in [-0.1, -0.05) is 18.2 Å². The first kappa shape index (κ1) is 20.5. The fourth-order valence-corrected chi connectivity index (χ4v) is 3.03. The molecule has 0 aliphatic carbocycles. The summed E-state index contributed by atoms with van der Waals surface area (Å²) in [6.45, 7) is -0.244. The summed E-state index contributed by atoms with van der Waals surface area (Å²) in [7, 11) is 0. The predicted molar refractivity (Wildman–Crippen MR) is 93.6 cm³/mol. The molecule has 29 heavy (non-hydrogen) atoms. The van der Waals surface area contributed by atoms with Gasteiger partial charge in [-0.2, -0.15) is 26.3 Å². The van der Waals surface area contributed by atoms with Gasteiger partial charge in [0.25, 0.3) is 5.69 Å². The number of non-ortho nitro benzene ring substituents is 1. The van der Waals surface area contributed by atoms with Crippen LogP contribution in [-0.2, 0) is 18.8 Å². The lowest BCUT2D eigenvalue weighted by Crippen LogP contribution is -2.19. The van der Waals surface area contributed by atoms with Gasteiger partial charge in [-0.15, -0.1) is 0 Å². The number of aromatic nitrogens is 1. The maximum Gasteiger partial charge on any atom is 0.418 e. The van der Waals surface area contributed by atoms with Crippen LogP contribution >= 0.6 is 0 Å². The number of aromatic amines is 1. The zero-order valence-corrected chi connectivity index (χ0v) is 14.5. The SMILES string of the molecule is O=[N+]([O-])c1cc(C(F)(F)F)c(NCCc2c[nH]c3ccccc23)c(C(F)(F)F)c1. The zero-order chi connectivity index (χ0) is 21.4. The Morgan fingerprint density at radius 2 is 1.59 bits per heavy atom. The maximum atomic E-state index is 13.3. The van der Waals surface area contributed by atoms with Crippen molar-refractivity contribution in [3.05, 3.63) is 69.4 Å². The summed E-state index contributed by atoms with van der Waals surface area (Å²) in [6, 6.07) is 7.30. The highest BCUT2D eigenvalue weighted by molar-refractivity contribution is 5.83. The molecule has 0 atom stereocenters. The molecule has 0 bridgehead atoms. The molecular formula is C18H13F6N3O2. The molecule has 1 aromatic heterocycles. The number of benzene rings is 2. The van der Waals surface area contributed by atoms with Crippen molar-refractivity contribution in [1.82, 2.24) is 4.98 Å². The molecule has 3 rings (SSSR count). The molecule has 0 spiro atoms.